The molecule has 156 valence electrons. The van der Waals surface area contributed by atoms with Crippen LogP contribution >= 0.6 is 11.3 Å². The van der Waals surface area contributed by atoms with Gasteiger partial charge in [0, 0.05) is 12.5 Å². The summed E-state index contributed by atoms with van der Waals surface area (Å²) in [5.74, 6) is 1.53. The van der Waals surface area contributed by atoms with E-state index in [0.717, 1.165) is 28.2 Å². The van der Waals surface area contributed by atoms with Crippen LogP contribution in [0.5, 0.6) is 11.6 Å². The Morgan fingerprint density at radius 2 is 1.94 bits per heavy atom. The smallest absolute Gasteiger partial charge is 0.271 e. The molecule has 5 aromatic rings. The minimum absolute atomic E-state index is 0.243. The first-order chi connectivity index (χ1) is 15.0. The van der Waals surface area contributed by atoms with E-state index in [1.54, 1.807) is 41.8 Å². The maximum atomic E-state index is 12.5. The summed E-state index contributed by atoms with van der Waals surface area (Å²) in [7, 11) is -3.65. The van der Waals surface area contributed by atoms with Crippen molar-refractivity contribution in [3.8, 4) is 11.6 Å². The Balaban J connectivity index is 1.53. The summed E-state index contributed by atoms with van der Waals surface area (Å²) in [5.41, 5.74) is 2.52. The summed E-state index contributed by atoms with van der Waals surface area (Å²) in [6.07, 6.45) is 0.703. The van der Waals surface area contributed by atoms with Gasteiger partial charge in [0.1, 0.15) is 15.8 Å². The number of nitrogens with one attached hydrogen (secondary N) is 1. The normalized spacial score (nSPS) is 11.8. The number of hydrogen-bond donors (Lipinski definition) is 1. The van der Waals surface area contributed by atoms with Gasteiger partial charge in [-0.2, -0.15) is 0 Å². The summed E-state index contributed by atoms with van der Waals surface area (Å²) >= 11 is 1.15. The molecule has 31 heavy (non-hydrogen) atoms. The number of aryl methyl sites for hydroxylation is 1. The third-order valence-electron chi connectivity index (χ3n) is 4.64. The number of hydrogen-bond acceptors (Lipinski definition) is 7. The van der Waals surface area contributed by atoms with Crippen molar-refractivity contribution in [2.45, 2.75) is 17.6 Å². The molecule has 3 aromatic heterocycles. The van der Waals surface area contributed by atoms with E-state index in [4.69, 9.17) is 4.74 Å². The molecule has 3 heterocycles. The molecule has 0 spiro atoms. The van der Waals surface area contributed by atoms with Crippen LogP contribution in [-0.2, 0) is 16.4 Å². The topological polar surface area (TPSA) is 98.5 Å². The van der Waals surface area contributed by atoms with Crippen molar-refractivity contribution in [1.29, 1.82) is 0 Å². The van der Waals surface area contributed by atoms with Crippen LogP contribution in [0.2, 0.25) is 0 Å². The number of ether oxygens (including phenoxy) is 1. The van der Waals surface area contributed by atoms with Gasteiger partial charge in [0.15, 0.2) is 0 Å². The highest BCUT2D eigenvalue weighted by Gasteiger charge is 2.18. The monoisotopic (exact) mass is 451 g/mol. The lowest BCUT2D eigenvalue weighted by molar-refractivity contribution is 0.467. The van der Waals surface area contributed by atoms with Crippen molar-refractivity contribution in [3.63, 3.8) is 0 Å². The van der Waals surface area contributed by atoms with Gasteiger partial charge in [0.2, 0.25) is 5.65 Å². The molecule has 0 atom stereocenters. The number of anilines is 1. The highest BCUT2D eigenvalue weighted by molar-refractivity contribution is 7.94. The number of sulfonamides is 1. The second-order valence-electron chi connectivity index (χ2n) is 6.70. The molecular weight excluding hydrogens is 434 g/mol. The Morgan fingerprint density at radius 3 is 2.74 bits per heavy atom. The average Bonchev–Trinajstić information content (AvgIpc) is 3.45. The molecule has 0 bridgehead atoms. The largest absolute Gasteiger partial charge is 0.436 e. The third kappa shape index (κ3) is 3.60. The van der Waals surface area contributed by atoms with Crippen LogP contribution in [0.4, 0.5) is 5.69 Å². The molecule has 0 fully saturated rings. The number of thiophene rings is 1. The fraction of sp³-hybridized carbons (Fsp3) is 0.0952. The Bertz CT molecular complexity index is 1490. The van der Waals surface area contributed by atoms with Gasteiger partial charge >= 0.3 is 0 Å². The lowest BCUT2D eigenvalue weighted by Crippen LogP contribution is -2.11. The maximum absolute atomic E-state index is 12.5. The Hall–Kier alpha value is -3.50. The average molecular weight is 452 g/mol. The zero-order chi connectivity index (χ0) is 21.4. The molecule has 0 aliphatic rings. The minimum Gasteiger partial charge on any atom is -0.436 e. The second kappa shape index (κ2) is 7.64. The quantitative estimate of drug-likeness (QED) is 0.408. The zero-order valence-electron chi connectivity index (χ0n) is 16.4. The number of rotatable bonds is 6. The molecule has 0 unspecified atom stereocenters. The number of benzene rings is 2. The third-order valence-corrected chi connectivity index (χ3v) is 7.42. The van der Waals surface area contributed by atoms with E-state index in [1.807, 2.05) is 35.6 Å². The first kappa shape index (κ1) is 19.5. The summed E-state index contributed by atoms with van der Waals surface area (Å²) in [4.78, 5) is 4.61. The predicted molar refractivity (Wildman–Crippen MR) is 119 cm³/mol. The second-order valence-corrected chi connectivity index (χ2v) is 9.56. The van der Waals surface area contributed by atoms with Gasteiger partial charge in [-0.25, -0.2) is 13.4 Å². The van der Waals surface area contributed by atoms with Crippen molar-refractivity contribution in [1.82, 2.24) is 19.6 Å². The first-order valence-electron chi connectivity index (χ1n) is 9.52. The summed E-state index contributed by atoms with van der Waals surface area (Å²) in [6, 6.07) is 17.7. The fourth-order valence-corrected chi connectivity index (χ4v) is 5.31. The Morgan fingerprint density at radius 1 is 1.06 bits per heavy atom. The van der Waals surface area contributed by atoms with E-state index < -0.39 is 10.0 Å². The van der Waals surface area contributed by atoms with Gasteiger partial charge < -0.3 is 4.74 Å². The predicted octanol–water partition coefficient (Wildman–Crippen LogP) is 4.49. The number of aromatic nitrogens is 4. The molecule has 5 rings (SSSR count). The van der Waals surface area contributed by atoms with Crippen LogP contribution < -0.4 is 9.46 Å². The van der Waals surface area contributed by atoms with Crippen molar-refractivity contribution in [2.24, 2.45) is 0 Å². The standard InChI is InChI=1S/C21H17N5O3S2/c1-2-18-23-24-20-21(22-16-9-3-4-10-17(16)26(18)20)29-15-8-5-7-14(13-15)25-31(27,28)19-11-6-12-30-19/h3-13,25H,2H2,1H3. The van der Waals surface area contributed by atoms with Crippen LogP contribution in [-0.4, -0.2) is 28.0 Å². The van der Waals surface area contributed by atoms with Gasteiger partial charge in [0.25, 0.3) is 15.9 Å². The van der Waals surface area contributed by atoms with Crippen LogP contribution in [0.25, 0.3) is 16.7 Å². The molecule has 0 saturated carbocycles. The Labute approximate surface area is 182 Å². The van der Waals surface area contributed by atoms with Crippen LogP contribution in [0.15, 0.2) is 70.3 Å². The van der Waals surface area contributed by atoms with E-state index in [1.165, 1.54) is 0 Å². The molecule has 0 aliphatic heterocycles. The van der Waals surface area contributed by atoms with Gasteiger partial charge in [-0.1, -0.05) is 31.2 Å². The summed E-state index contributed by atoms with van der Waals surface area (Å²) in [5, 5.41) is 10.2. The highest BCUT2D eigenvalue weighted by atomic mass is 32.2. The molecule has 0 saturated heterocycles. The molecule has 2 aromatic carbocycles. The van der Waals surface area contributed by atoms with Gasteiger partial charge in [-0.15, -0.1) is 21.5 Å². The van der Waals surface area contributed by atoms with Gasteiger partial charge in [-0.05, 0) is 35.7 Å². The van der Waals surface area contributed by atoms with E-state index in [0.29, 0.717) is 29.4 Å². The van der Waals surface area contributed by atoms with Gasteiger partial charge in [0.05, 0.1) is 16.7 Å². The van der Waals surface area contributed by atoms with Crippen LogP contribution in [0.1, 0.15) is 12.7 Å². The Kier molecular flexibility index (Phi) is 4.79. The lowest BCUT2D eigenvalue weighted by atomic mass is 10.3. The zero-order valence-corrected chi connectivity index (χ0v) is 18.0. The van der Waals surface area contributed by atoms with E-state index in [2.05, 4.69) is 19.9 Å². The number of para-hydroxylation sites is 2. The molecule has 8 nitrogen and oxygen atoms in total. The SMILES string of the molecule is CCc1nnc2c(Oc3cccc(NS(=O)(=O)c4cccs4)c3)nc3ccccc3n12. The molecule has 0 amide bonds. The number of fused-ring (bicyclic) bond motifs is 3. The fourth-order valence-electron chi connectivity index (χ4n) is 3.27. The van der Waals surface area contributed by atoms with Gasteiger partial charge in [-0.3, -0.25) is 9.12 Å². The summed E-state index contributed by atoms with van der Waals surface area (Å²) in [6.45, 7) is 2.01. The first-order valence-corrected chi connectivity index (χ1v) is 11.9. The van der Waals surface area contributed by atoms with Crippen LogP contribution in [0, 0.1) is 0 Å². The summed E-state index contributed by atoms with van der Waals surface area (Å²) < 4.78 is 35.8. The molecule has 0 radical (unpaired) electrons. The van der Waals surface area contributed by atoms with E-state index in [-0.39, 0.29) is 4.21 Å². The highest BCUT2D eigenvalue weighted by Crippen LogP contribution is 2.30. The van der Waals surface area contributed by atoms with Crippen molar-refractivity contribution >= 4 is 43.7 Å². The van der Waals surface area contributed by atoms with E-state index >= 15 is 0 Å². The van der Waals surface area contributed by atoms with Crippen molar-refractivity contribution in [3.05, 3.63) is 71.9 Å². The van der Waals surface area contributed by atoms with Crippen molar-refractivity contribution < 1.29 is 13.2 Å². The minimum atomic E-state index is -3.65. The molecule has 0 aliphatic carbocycles. The van der Waals surface area contributed by atoms with E-state index in [9.17, 15) is 8.42 Å². The van der Waals surface area contributed by atoms with Crippen LogP contribution in [0.3, 0.4) is 0 Å². The van der Waals surface area contributed by atoms with Crippen molar-refractivity contribution in [2.75, 3.05) is 4.72 Å². The maximum Gasteiger partial charge on any atom is 0.271 e. The molecular formula is C21H17N5O3S2. The lowest BCUT2D eigenvalue weighted by Gasteiger charge is -2.11. The number of nitrogens with zero attached hydrogens (tertiary/aromatic N) is 4. The molecule has 10 heteroatoms. The molecule has 1 N–H and O–H groups in total.